The maximum absolute atomic E-state index is 12.5. The number of hydrogen-bond acceptors (Lipinski definition) is 1. The van der Waals surface area contributed by atoms with Crippen LogP contribution in [-0.2, 0) is 0 Å². The molecule has 1 saturated heterocycles. The monoisotopic (exact) mass is 217 g/mol. The van der Waals surface area contributed by atoms with Gasteiger partial charge in [0.25, 0.3) is 0 Å². The predicted octanol–water partition coefficient (Wildman–Crippen LogP) is 1.44. The van der Waals surface area contributed by atoms with E-state index < -0.39 is 5.92 Å². The van der Waals surface area contributed by atoms with Crippen LogP contribution in [0.2, 0.25) is 0 Å². The van der Waals surface area contributed by atoms with Crippen molar-refractivity contribution in [2.45, 2.75) is 31.6 Å². The SMILES string of the molecule is NC(=NCCC1CC(F)(F)C1)N1CCC1. The van der Waals surface area contributed by atoms with Gasteiger partial charge in [0.05, 0.1) is 0 Å². The summed E-state index contributed by atoms with van der Waals surface area (Å²) in [5.41, 5.74) is 5.71. The molecule has 2 rings (SSSR count). The summed E-state index contributed by atoms with van der Waals surface area (Å²) in [5, 5.41) is 0. The van der Waals surface area contributed by atoms with Gasteiger partial charge < -0.3 is 10.6 Å². The van der Waals surface area contributed by atoms with E-state index in [0.29, 0.717) is 12.5 Å². The molecule has 0 atom stereocenters. The summed E-state index contributed by atoms with van der Waals surface area (Å²) >= 11 is 0. The second-order valence-electron chi connectivity index (χ2n) is 4.50. The maximum atomic E-state index is 12.5. The van der Waals surface area contributed by atoms with E-state index in [1.54, 1.807) is 0 Å². The van der Waals surface area contributed by atoms with Gasteiger partial charge in [0.1, 0.15) is 0 Å². The molecule has 3 nitrogen and oxygen atoms in total. The summed E-state index contributed by atoms with van der Waals surface area (Å²) in [7, 11) is 0. The van der Waals surface area contributed by atoms with Crippen LogP contribution < -0.4 is 5.73 Å². The molecular formula is C10H17F2N3. The second kappa shape index (κ2) is 3.94. The topological polar surface area (TPSA) is 41.6 Å². The summed E-state index contributed by atoms with van der Waals surface area (Å²) in [5.74, 6) is -1.68. The number of nitrogens with zero attached hydrogens (tertiary/aromatic N) is 2. The van der Waals surface area contributed by atoms with E-state index >= 15 is 0 Å². The smallest absolute Gasteiger partial charge is 0.248 e. The highest BCUT2D eigenvalue weighted by Gasteiger charge is 2.44. The number of aliphatic imine (C=N–C) groups is 1. The number of hydrogen-bond donors (Lipinski definition) is 1. The van der Waals surface area contributed by atoms with Crippen LogP contribution in [0, 0.1) is 5.92 Å². The van der Waals surface area contributed by atoms with Gasteiger partial charge in [-0.25, -0.2) is 8.78 Å². The molecule has 1 heterocycles. The lowest BCUT2D eigenvalue weighted by Crippen LogP contribution is -2.46. The molecule has 15 heavy (non-hydrogen) atoms. The molecule has 0 aromatic rings. The Balaban J connectivity index is 1.62. The Morgan fingerprint density at radius 2 is 2.07 bits per heavy atom. The average Bonchev–Trinajstić information content (AvgIpc) is 1.97. The Hall–Kier alpha value is -0.870. The first-order valence-corrected chi connectivity index (χ1v) is 5.49. The summed E-state index contributed by atoms with van der Waals surface area (Å²) in [6, 6.07) is 0. The first-order chi connectivity index (χ1) is 7.07. The lowest BCUT2D eigenvalue weighted by Gasteiger charge is -2.35. The highest BCUT2D eigenvalue weighted by atomic mass is 19.3. The zero-order chi connectivity index (χ0) is 10.9. The van der Waals surface area contributed by atoms with E-state index in [0.717, 1.165) is 19.5 Å². The molecule has 1 saturated carbocycles. The highest BCUT2D eigenvalue weighted by molar-refractivity contribution is 5.78. The van der Waals surface area contributed by atoms with Crippen molar-refractivity contribution in [3.8, 4) is 0 Å². The Morgan fingerprint density at radius 1 is 1.40 bits per heavy atom. The Labute approximate surface area is 88.3 Å². The van der Waals surface area contributed by atoms with Crippen LogP contribution in [0.1, 0.15) is 25.7 Å². The quantitative estimate of drug-likeness (QED) is 0.574. The van der Waals surface area contributed by atoms with Gasteiger partial charge in [0.15, 0.2) is 5.96 Å². The third kappa shape index (κ3) is 2.58. The third-order valence-corrected chi connectivity index (χ3v) is 3.17. The number of guanidine groups is 1. The molecule has 0 radical (unpaired) electrons. The van der Waals surface area contributed by atoms with Crippen LogP contribution in [0.3, 0.4) is 0 Å². The molecule has 0 unspecified atom stereocenters. The number of halogens is 2. The van der Waals surface area contributed by atoms with E-state index in [9.17, 15) is 8.78 Å². The van der Waals surface area contributed by atoms with Crippen LogP contribution in [0.25, 0.3) is 0 Å². The third-order valence-electron chi connectivity index (χ3n) is 3.17. The molecule has 1 aliphatic carbocycles. The zero-order valence-corrected chi connectivity index (χ0v) is 8.75. The summed E-state index contributed by atoms with van der Waals surface area (Å²) < 4.78 is 25.0. The van der Waals surface area contributed by atoms with E-state index in [2.05, 4.69) is 4.99 Å². The van der Waals surface area contributed by atoms with Gasteiger partial charge in [-0.05, 0) is 18.8 Å². The fraction of sp³-hybridized carbons (Fsp3) is 0.900. The van der Waals surface area contributed by atoms with Crippen LogP contribution >= 0.6 is 0 Å². The minimum atomic E-state index is -2.41. The molecular weight excluding hydrogens is 200 g/mol. The van der Waals surface area contributed by atoms with Crippen LogP contribution in [0.15, 0.2) is 4.99 Å². The fourth-order valence-corrected chi connectivity index (χ4v) is 2.00. The number of rotatable bonds is 3. The molecule has 1 aliphatic heterocycles. The number of likely N-dealkylation sites (tertiary alicyclic amines) is 1. The lowest BCUT2D eigenvalue weighted by molar-refractivity contribution is -0.111. The lowest BCUT2D eigenvalue weighted by atomic mass is 9.79. The van der Waals surface area contributed by atoms with Gasteiger partial charge in [-0.2, -0.15) is 0 Å². The second-order valence-corrected chi connectivity index (χ2v) is 4.50. The summed E-state index contributed by atoms with van der Waals surface area (Å²) in [6.45, 7) is 2.55. The van der Waals surface area contributed by atoms with Crippen molar-refractivity contribution in [2.75, 3.05) is 19.6 Å². The Morgan fingerprint density at radius 3 is 2.53 bits per heavy atom. The normalized spacial score (nSPS) is 26.0. The van der Waals surface area contributed by atoms with Crippen molar-refractivity contribution in [3.63, 3.8) is 0 Å². The largest absolute Gasteiger partial charge is 0.370 e. The molecule has 5 heteroatoms. The van der Waals surface area contributed by atoms with Crippen molar-refractivity contribution in [3.05, 3.63) is 0 Å². The first-order valence-electron chi connectivity index (χ1n) is 5.49. The van der Waals surface area contributed by atoms with E-state index in [4.69, 9.17) is 5.73 Å². The van der Waals surface area contributed by atoms with Gasteiger partial charge in [-0.3, -0.25) is 4.99 Å². The van der Waals surface area contributed by atoms with Gasteiger partial charge in [0.2, 0.25) is 5.92 Å². The van der Waals surface area contributed by atoms with Crippen molar-refractivity contribution in [1.29, 1.82) is 0 Å². The summed E-state index contributed by atoms with van der Waals surface area (Å²) in [4.78, 5) is 6.20. The van der Waals surface area contributed by atoms with Crippen molar-refractivity contribution < 1.29 is 8.78 Å². The van der Waals surface area contributed by atoms with Crippen molar-refractivity contribution >= 4 is 5.96 Å². The molecule has 0 aromatic heterocycles. The standard InChI is InChI=1S/C10H17F2N3/c11-10(12)6-8(7-10)2-3-14-9(13)15-4-1-5-15/h8H,1-7H2,(H2,13,14). The molecule has 0 bridgehead atoms. The molecule has 0 amide bonds. The first kappa shape index (κ1) is 10.6. The minimum Gasteiger partial charge on any atom is -0.370 e. The molecule has 2 fully saturated rings. The van der Waals surface area contributed by atoms with Crippen LogP contribution in [-0.4, -0.2) is 36.4 Å². The zero-order valence-electron chi connectivity index (χ0n) is 8.75. The molecule has 86 valence electrons. The van der Waals surface area contributed by atoms with Crippen molar-refractivity contribution in [1.82, 2.24) is 4.90 Å². The maximum Gasteiger partial charge on any atom is 0.248 e. The minimum absolute atomic E-state index is 0.0339. The Bertz CT molecular complexity index is 253. The van der Waals surface area contributed by atoms with Crippen LogP contribution in [0.5, 0.6) is 0 Å². The summed E-state index contributed by atoms with van der Waals surface area (Å²) in [6.07, 6.45) is 1.98. The Kier molecular flexibility index (Phi) is 2.80. The van der Waals surface area contributed by atoms with Gasteiger partial charge in [0, 0.05) is 32.5 Å². The molecule has 0 spiro atoms. The molecule has 2 aliphatic rings. The fourth-order valence-electron chi connectivity index (χ4n) is 2.00. The number of alkyl halides is 2. The van der Waals surface area contributed by atoms with Crippen molar-refractivity contribution in [2.24, 2.45) is 16.6 Å². The van der Waals surface area contributed by atoms with E-state index in [-0.39, 0.29) is 18.8 Å². The number of nitrogens with two attached hydrogens (primary N) is 1. The van der Waals surface area contributed by atoms with Crippen LogP contribution in [0.4, 0.5) is 8.78 Å². The average molecular weight is 217 g/mol. The molecule has 2 N–H and O–H groups in total. The van der Waals surface area contributed by atoms with Gasteiger partial charge >= 0.3 is 0 Å². The molecule has 0 aromatic carbocycles. The van der Waals surface area contributed by atoms with E-state index in [1.807, 2.05) is 4.90 Å². The van der Waals surface area contributed by atoms with E-state index in [1.165, 1.54) is 6.42 Å². The highest BCUT2D eigenvalue weighted by Crippen LogP contribution is 2.43. The predicted molar refractivity (Wildman–Crippen MR) is 55.0 cm³/mol. The van der Waals surface area contributed by atoms with Gasteiger partial charge in [-0.1, -0.05) is 0 Å². The van der Waals surface area contributed by atoms with Gasteiger partial charge in [-0.15, -0.1) is 0 Å².